The standard InChI is InChI=1S/C11H11BrClFO2/c12-7-5-8(10(14)9(13)6-7)11(15)1-3-16-4-2-11/h5-6,15H,1-4H2. The molecule has 0 aromatic heterocycles. The summed E-state index contributed by atoms with van der Waals surface area (Å²) in [6, 6.07) is 3.05. The minimum Gasteiger partial charge on any atom is -0.385 e. The number of aliphatic hydroxyl groups is 1. The van der Waals surface area contributed by atoms with Crippen LogP contribution in [0.15, 0.2) is 16.6 Å². The Labute approximate surface area is 106 Å². The highest BCUT2D eigenvalue weighted by atomic mass is 79.9. The normalized spacial score (nSPS) is 19.8. The van der Waals surface area contributed by atoms with Crippen LogP contribution in [0.1, 0.15) is 18.4 Å². The molecule has 88 valence electrons. The molecule has 2 rings (SSSR count). The molecule has 0 aliphatic carbocycles. The first-order chi connectivity index (χ1) is 7.53. The fraction of sp³-hybridized carbons (Fsp3) is 0.455. The topological polar surface area (TPSA) is 29.5 Å². The van der Waals surface area contributed by atoms with E-state index in [4.69, 9.17) is 16.3 Å². The Kier molecular flexibility index (Phi) is 3.54. The lowest BCUT2D eigenvalue weighted by atomic mass is 9.86. The van der Waals surface area contributed by atoms with Crippen LogP contribution in [0.25, 0.3) is 0 Å². The molecule has 0 amide bonds. The van der Waals surface area contributed by atoms with Gasteiger partial charge in [0.15, 0.2) is 0 Å². The monoisotopic (exact) mass is 308 g/mol. The first kappa shape index (κ1) is 12.3. The summed E-state index contributed by atoms with van der Waals surface area (Å²) >= 11 is 9.00. The van der Waals surface area contributed by atoms with Crippen LogP contribution in [-0.2, 0) is 10.3 Å². The highest BCUT2D eigenvalue weighted by Gasteiger charge is 2.35. The number of ether oxygens (including phenoxy) is 1. The lowest BCUT2D eigenvalue weighted by molar-refractivity contribution is -0.0698. The van der Waals surface area contributed by atoms with Gasteiger partial charge in [-0.3, -0.25) is 0 Å². The van der Waals surface area contributed by atoms with Crippen molar-refractivity contribution in [2.75, 3.05) is 13.2 Å². The van der Waals surface area contributed by atoms with Crippen molar-refractivity contribution >= 4 is 27.5 Å². The molecule has 1 aliphatic heterocycles. The zero-order valence-electron chi connectivity index (χ0n) is 8.47. The van der Waals surface area contributed by atoms with Gasteiger partial charge in [-0.05, 0) is 12.1 Å². The highest BCUT2D eigenvalue weighted by Crippen LogP contribution is 2.37. The van der Waals surface area contributed by atoms with Gasteiger partial charge in [-0.15, -0.1) is 0 Å². The third-order valence-corrected chi connectivity index (χ3v) is 3.55. The summed E-state index contributed by atoms with van der Waals surface area (Å²) in [7, 11) is 0. The highest BCUT2D eigenvalue weighted by molar-refractivity contribution is 9.10. The smallest absolute Gasteiger partial charge is 0.147 e. The predicted octanol–water partition coefficient (Wildman–Crippen LogP) is 3.24. The average molecular weight is 310 g/mol. The van der Waals surface area contributed by atoms with E-state index in [1.807, 2.05) is 0 Å². The lowest BCUT2D eigenvalue weighted by Crippen LogP contribution is -2.34. The van der Waals surface area contributed by atoms with Crippen LogP contribution in [0.5, 0.6) is 0 Å². The third kappa shape index (κ3) is 2.25. The van der Waals surface area contributed by atoms with Crippen LogP contribution in [0, 0.1) is 5.82 Å². The Hall–Kier alpha value is -0.160. The minimum absolute atomic E-state index is 0.0179. The van der Waals surface area contributed by atoms with Crippen molar-refractivity contribution in [3.05, 3.63) is 33.0 Å². The average Bonchev–Trinajstić information content (AvgIpc) is 2.24. The molecule has 1 aliphatic rings. The second kappa shape index (κ2) is 4.61. The Balaban J connectivity index is 2.45. The molecule has 1 aromatic carbocycles. The summed E-state index contributed by atoms with van der Waals surface area (Å²) in [5.41, 5.74) is -0.925. The van der Waals surface area contributed by atoms with E-state index in [0.717, 1.165) is 0 Å². The van der Waals surface area contributed by atoms with Crippen molar-refractivity contribution in [2.45, 2.75) is 18.4 Å². The van der Waals surface area contributed by atoms with Crippen molar-refractivity contribution in [3.8, 4) is 0 Å². The molecule has 1 fully saturated rings. The Morgan fingerprint density at radius 1 is 1.38 bits per heavy atom. The van der Waals surface area contributed by atoms with E-state index in [1.165, 1.54) is 6.07 Å². The molecule has 0 saturated carbocycles. The van der Waals surface area contributed by atoms with Gasteiger partial charge in [0.25, 0.3) is 0 Å². The van der Waals surface area contributed by atoms with Gasteiger partial charge in [0.05, 0.1) is 10.6 Å². The predicted molar refractivity (Wildman–Crippen MR) is 63.1 cm³/mol. The zero-order valence-corrected chi connectivity index (χ0v) is 10.8. The molecular weight excluding hydrogens is 298 g/mol. The van der Waals surface area contributed by atoms with Crippen LogP contribution >= 0.6 is 27.5 Å². The SMILES string of the molecule is OC1(c2cc(Br)cc(Cl)c2F)CCOCC1. The van der Waals surface area contributed by atoms with Crippen LogP contribution in [0.4, 0.5) is 4.39 Å². The summed E-state index contributed by atoms with van der Waals surface area (Å²) in [5, 5.41) is 10.4. The fourth-order valence-corrected chi connectivity index (χ4v) is 2.68. The number of halogens is 3. The maximum Gasteiger partial charge on any atom is 0.147 e. The van der Waals surface area contributed by atoms with Crippen molar-refractivity contribution < 1.29 is 14.2 Å². The molecule has 2 nitrogen and oxygen atoms in total. The maximum atomic E-state index is 13.9. The molecule has 1 N–H and O–H groups in total. The van der Waals surface area contributed by atoms with Gasteiger partial charge in [0, 0.05) is 36.1 Å². The van der Waals surface area contributed by atoms with Gasteiger partial charge in [0.2, 0.25) is 0 Å². The van der Waals surface area contributed by atoms with Gasteiger partial charge < -0.3 is 9.84 Å². The van der Waals surface area contributed by atoms with Gasteiger partial charge in [-0.2, -0.15) is 0 Å². The minimum atomic E-state index is -1.17. The Morgan fingerprint density at radius 2 is 2.00 bits per heavy atom. The van der Waals surface area contributed by atoms with E-state index in [1.54, 1.807) is 6.07 Å². The van der Waals surface area contributed by atoms with Crippen molar-refractivity contribution in [1.29, 1.82) is 0 Å². The van der Waals surface area contributed by atoms with Gasteiger partial charge in [-0.1, -0.05) is 27.5 Å². The van der Waals surface area contributed by atoms with Gasteiger partial charge >= 0.3 is 0 Å². The number of benzene rings is 1. The van der Waals surface area contributed by atoms with Crippen LogP contribution in [0.2, 0.25) is 5.02 Å². The van der Waals surface area contributed by atoms with E-state index in [2.05, 4.69) is 15.9 Å². The molecule has 0 bridgehead atoms. The first-order valence-corrected chi connectivity index (χ1v) is 6.15. The Morgan fingerprint density at radius 3 is 2.62 bits per heavy atom. The van der Waals surface area contributed by atoms with E-state index >= 15 is 0 Å². The molecule has 0 unspecified atom stereocenters. The van der Waals surface area contributed by atoms with Crippen LogP contribution in [-0.4, -0.2) is 18.3 Å². The van der Waals surface area contributed by atoms with Gasteiger partial charge in [0.1, 0.15) is 5.82 Å². The van der Waals surface area contributed by atoms with Crippen LogP contribution < -0.4 is 0 Å². The van der Waals surface area contributed by atoms with E-state index in [9.17, 15) is 9.50 Å². The van der Waals surface area contributed by atoms with Crippen molar-refractivity contribution in [1.82, 2.24) is 0 Å². The van der Waals surface area contributed by atoms with Gasteiger partial charge in [-0.25, -0.2) is 4.39 Å². The fourth-order valence-electron chi connectivity index (χ4n) is 1.87. The molecule has 1 saturated heterocycles. The Bertz CT molecular complexity index is 405. The second-order valence-electron chi connectivity index (χ2n) is 3.89. The van der Waals surface area contributed by atoms with E-state index in [-0.39, 0.29) is 10.6 Å². The molecule has 0 radical (unpaired) electrons. The second-order valence-corrected chi connectivity index (χ2v) is 5.22. The quantitative estimate of drug-likeness (QED) is 0.807. The molecule has 1 heterocycles. The third-order valence-electron chi connectivity index (χ3n) is 2.81. The largest absolute Gasteiger partial charge is 0.385 e. The number of rotatable bonds is 1. The lowest BCUT2D eigenvalue weighted by Gasteiger charge is -2.33. The number of hydrogen-bond donors (Lipinski definition) is 1. The molecule has 0 spiro atoms. The summed E-state index contributed by atoms with van der Waals surface area (Å²) < 4.78 is 19.7. The zero-order chi connectivity index (χ0) is 11.8. The molecule has 5 heteroatoms. The first-order valence-electron chi connectivity index (χ1n) is 4.98. The maximum absolute atomic E-state index is 13.9. The van der Waals surface area contributed by atoms with Crippen molar-refractivity contribution in [2.24, 2.45) is 0 Å². The molecule has 1 aromatic rings. The summed E-state index contributed by atoms with van der Waals surface area (Å²) in [6.45, 7) is 0.861. The molecule has 16 heavy (non-hydrogen) atoms. The summed E-state index contributed by atoms with van der Waals surface area (Å²) in [6.07, 6.45) is 0.771. The molecular formula is C11H11BrClFO2. The number of hydrogen-bond acceptors (Lipinski definition) is 2. The summed E-state index contributed by atoms with van der Waals surface area (Å²) in [4.78, 5) is 0. The van der Waals surface area contributed by atoms with Crippen molar-refractivity contribution in [3.63, 3.8) is 0 Å². The van der Waals surface area contributed by atoms with Crippen LogP contribution in [0.3, 0.4) is 0 Å². The summed E-state index contributed by atoms with van der Waals surface area (Å²) in [5.74, 6) is -0.547. The van der Waals surface area contributed by atoms with E-state index < -0.39 is 11.4 Å². The molecule has 0 atom stereocenters. The van der Waals surface area contributed by atoms with E-state index in [0.29, 0.717) is 30.5 Å².